The van der Waals surface area contributed by atoms with E-state index in [1.807, 2.05) is 18.2 Å². The Morgan fingerprint density at radius 2 is 2.28 bits per heavy atom. The maximum Gasteiger partial charge on any atom is 0.230 e. The number of nitrogens with zero attached hydrogens (tertiary/aromatic N) is 2. The number of hydrogen-bond acceptors (Lipinski definition) is 3. The Balaban J connectivity index is 1.67. The van der Waals surface area contributed by atoms with Crippen molar-refractivity contribution in [1.82, 2.24) is 15.2 Å². The van der Waals surface area contributed by atoms with E-state index in [2.05, 4.69) is 42.5 Å². The van der Waals surface area contributed by atoms with Gasteiger partial charge in [-0.25, -0.2) is 5.10 Å². The highest BCUT2D eigenvalue weighted by molar-refractivity contribution is 9.10. The lowest BCUT2D eigenvalue weighted by molar-refractivity contribution is -0.117. The number of amides is 1. The molecule has 1 aromatic carbocycles. The molecule has 18 heavy (non-hydrogen) atoms. The number of carbonyl (C=O) groups is 1. The molecule has 2 aromatic rings. The van der Waals surface area contributed by atoms with Crippen molar-refractivity contribution in [3.05, 3.63) is 40.6 Å². The summed E-state index contributed by atoms with van der Waals surface area (Å²) < 4.78 is 1.06. The number of nitrogens with one attached hydrogen (secondary N) is 2. The molecule has 1 fully saturated rings. The molecule has 1 aliphatic carbocycles. The van der Waals surface area contributed by atoms with Gasteiger partial charge in [-0.2, -0.15) is 10.1 Å². The second-order valence-corrected chi connectivity index (χ2v) is 5.15. The van der Waals surface area contributed by atoms with Gasteiger partial charge in [-0.15, -0.1) is 0 Å². The highest BCUT2D eigenvalue weighted by Gasteiger charge is 2.44. The molecular formula is C12H11BrN4O. The minimum Gasteiger partial charge on any atom is -0.295 e. The van der Waals surface area contributed by atoms with Crippen molar-refractivity contribution in [2.24, 2.45) is 5.92 Å². The van der Waals surface area contributed by atoms with Gasteiger partial charge >= 0.3 is 0 Å². The molecule has 1 aromatic heterocycles. The number of halogens is 1. The second-order valence-electron chi connectivity index (χ2n) is 4.29. The summed E-state index contributed by atoms with van der Waals surface area (Å²) in [5.74, 6) is 0.711. The summed E-state index contributed by atoms with van der Waals surface area (Å²) in [6, 6.07) is 8.01. The average Bonchev–Trinajstić information content (AvgIpc) is 3.00. The summed E-state index contributed by atoms with van der Waals surface area (Å²) in [6.45, 7) is 0. The van der Waals surface area contributed by atoms with Crippen LogP contribution in [0.2, 0.25) is 0 Å². The van der Waals surface area contributed by atoms with Crippen LogP contribution in [0.4, 0.5) is 5.95 Å². The average molecular weight is 307 g/mol. The first-order valence-electron chi connectivity index (χ1n) is 5.66. The molecule has 1 saturated carbocycles. The van der Waals surface area contributed by atoms with Crippen molar-refractivity contribution in [2.45, 2.75) is 12.3 Å². The lowest BCUT2D eigenvalue weighted by atomic mass is 10.1. The zero-order valence-corrected chi connectivity index (χ0v) is 11.0. The first-order chi connectivity index (χ1) is 8.75. The van der Waals surface area contributed by atoms with Crippen LogP contribution in [0.5, 0.6) is 0 Å². The zero-order valence-electron chi connectivity index (χ0n) is 9.43. The van der Waals surface area contributed by atoms with Gasteiger partial charge in [0.15, 0.2) is 0 Å². The van der Waals surface area contributed by atoms with Crippen LogP contribution in [0.3, 0.4) is 0 Å². The Bertz CT molecular complexity index is 569. The molecular weight excluding hydrogens is 296 g/mol. The van der Waals surface area contributed by atoms with Gasteiger partial charge in [0.25, 0.3) is 0 Å². The summed E-state index contributed by atoms with van der Waals surface area (Å²) in [6.07, 6.45) is 2.25. The number of anilines is 1. The van der Waals surface area contributed by atoms with E-state index in [4.69, 9.17) is 0 Å². The van der Waals surface area contributed by atoms with Crippen molar-refractivity contribution in [1.29, 1.82) is 0 Å². The van der Waals surface area contributed by atoms with E-state index in [1.54, 1.807) is 0 Å². The number of rotatable bonds is 3. The standard InChI is InChI=1S/C12H11BrN4O/c13-10-4-2-1-3-7(10)8-5-9(8)11(18)16-12-14-6-15-17-12/h1-4,6,8-9H,5H2,(H2,14,15,16,17,18)/t8-,9+/m0/s1. The summed E-state index contributed by atoms with van der Waals surface area (Å²) in [4.78, 5) is 15.8. The van der Waals surface area contributed by atoms with Crippen LogP contribution >= 0.6 is 15.9 Å². The van der Waals surface area contributed by atoms with E-state index in [0.717, 1.165) is 10.9 Å². The van der Waals surface area contributed by atoms with Crippen LogP contribution < -0.4 is 5.32 Å². The molecule has 0 radical (unpaired) electrons. The number of H-pyrrole nitrogens is 1. The Kier molecular flexibility index (Phi) is 2.87. The molecule has 2 N–H and O–H groups in total. The molecule has 2 atom stereocenters. The van der Waals surface area contributed by atoms with Crippen molar-refractivity contribution in [2.75, 3.05) is 5.32 Å². The maximum absolute atomic E-state index is 12.0. The number of hydrogen-bond donors (Lipinski definition) is 2. The van der Waals surface area contributed by atoms with Gasteiger partial charge in [0.2, 0.25) is 11.9 Å². The highest BCUT2D eigenvalue weighted by Crippen LogP contribution is 2.49. The van der Waals surface area contributed by atoms with Crippen molar-refractivity contribution >= 4 is 27.8 Å². The fraction of sp³-hybridized carbons (Fsp3) is 0.250. The van der Waals surface area contributed by atoms with E-state index < -0.39 is 0 Å². The SMILES string of the molecule is O=C(Nc1ncn[nH]1)[C@@H]1C[C@H]1c1ccccc1Br. The fourth-order valence-corrected chi connectivity index (χ4v) is 2.66. The topological polar surface area (TPSA) is 70.7 Å². The van der Waals surface area contributed by atoms with Crippen molar-refractivity contribution in [3.8, 4) is 0 Å². The van der Waals surface area contributed by atoms with E-state index >= 15 is 0 Å². The Morgan fingerprint density at radius 3 is 3.00 bits per heavy atom. The van der Waals surface area contributed by atoms with Gasteiger partial charge < -0.3 is 0 Å². The number of carbonyl (C=O) groups excluding carboxylic acids is 1. The van der Waals surface area contributed by atoms with Crippen LogP contribution in [0.25, 0.3) is 0 Å². The third kappa shape index (κ3) is 2.15. The number of aromatic amines is 1. The van der Waals surface area contributed by atoms with Gasteiger partial charge in [0.1, 0.15) is 6.33 Å². The molecule has 0 aliphatic heterocycles. The fourth-order valence-electron chi connectivity index (χ4n) is 2.08. The predicted octanol–water partition coefficient (Wildman–Crippen LogP) is 2.31. The summed E-state index contributed by atoms with van der Waals surface area (Å²) in [5, 5.41) is 9.02. The largest absolute Gasteiger partial charge is 0.295 e. The first-order valence-corrected chi connectivity index (χ1v) is 6.45. The van der Waals surface area contributed by atoms with Crippen LogP contribution in [0, 0.1) is 5.92 Å². The Hall–Kier alpha value is -1.69. The molecule has 1 amide bonds. The number of benzene rings is 1. The highest BCUT2D eigenvalue weighted by atomic mass is 79.9. The van der Waals surface area contributed by atoms with E-state index in [1.165, 1.54) is 11.9 Å². The molecule has 92 valence electrons. The molecule has 3 rings (SSSR count). The van der Waals surface area contributed by atoms with Crippen LogP contribution in [0.15, 0.2) is 35.1 Å². The molecule has 0 saturated heterocycles. The lowest BCUT2D eigenvalue weighted by Gasteiger charge is -2.03. The molecule has 1 heterocycles. The second kappa shape index (κ2) is 4.53. The van der Waals surface area contributed by atoms with Gasteiger partial charge in [0.05, 0.1) is 0 Å². The van der Waals surface area contributed by atoms with Crippen molar-refractivity contribution in [3.63, 3.8) is 0 Å². The van der Waals surface area contributed by atoms with E-state index in [0.29, 0.717) is 11.9 Å². The smallest absolute Gasteiger partial charge is 0.230 e. The molecule has 0 unspecified atom stereocenters. The Labute approximate surface area is 112 Å². The minimum absolute atomic E-state index is 0.00694. The van der Waals surface area contributed by atoms with E-state index in [9.17, 15) is 4.79 Å². The normalized spacial score (nSPS) is 21.6. The third-order valence-electron chi connectivity index (χ3n) is 3.09. The lowest BCUT2D eigenvalue weighted by Crippen LogP contribution is -2.15. The number of aromatic nitrogens is 3. The summed E-state index contributed by atoms with van der Waals surface area (Å²) >= 11 is 3.51. The first kappa shape index (κ1) is 11.4. The summed E-state index contributed by atoms with van der Waals surface area (Å²) in [7, 11) is 0. The monoisotopic (exact) mass is 306 g/mol. The summed E-state index contributed by atoms with van der Waals surface area (Å²) in [5.41, 5.74) is 1.19. The van der Waals surface area contributed by atoms with Crippen LogP contribution in [-0.2, 0) is 4.79 Å². The molecule has 0 spiro atoms. The van der Waals surface area contributed by atoms with Gasteiger partial charge in [-0.3, -0.25) is 10.1 Å². The van der Waals surface area contributed by atoms with Gasteiger partial charge in [-0.1, -0.05) is 34.1 Å². The molecule has 0 bridgehead atoms. The van der Waals surface area contributed by atoms with Gasteiger partial charge in [0, 0.05) is 10.4 Å². The van der Waals surface area contributed by atoms with Crippen LogP contribution in [-0.4, -0.2) is 21.1 Å². The zero-order chi connectivity index (χ0) is 12.5. The molecule has 1 aliphatic rings. The van der Waals surface area contributed by atoms with Crippen LogP contribution in [0.1, 0.15) is 17.9 Å². The predicted molar refractivity (Wildman–Crippen MR) is 70.0 cm³/mol. The van der Waals surface area contributed by atoms with E-state index in [-0.39, 0.29) is 11.8 Å². The Morgan fingerprint density at radius 1 is 1.44 bits per heavy atom. The quantitative estimate of drug-likeness (QED) is 0.914. The third-order valence-corrected chi connectivity index (χ3v) is 3.81. The minimum atomic E-state index is -0.00694. The molecule has 5 nitrogen and oxygen atoms in total. The van der Waals surface area contributed by atoms with Crippen molar-refractivity contribution < 1.29 is 4.79 Å². The molecule has 6 heteroatoms. The maximum atomic E-state index is 12.0. The van der Waals surface area contributed by atoms with Gasteiger partial charge in [-0.05, 0) is 24.0 Å².